The van der Waals surface area contributed by atoms with E-state index in [0.29, 0.717) is 5.92 Å². The highest BCUT2D eigenvalue weighted by Crippen LogP contribution is 2.28. The molecule has 0 amide bonds. The van der Waals surface area contributed by atoms with Gasteiger partial charge in [-0.3, -0.25) is 0 Å². The van der Waals surface area contributed by atoms with Crippen LogP contribution < -0.4 is 4.74 Å². The number of benzene rings is 1. The van der Waals surface area contributed by atoms with Crippen LogP contribution >= 0.6 is 0 Å². The molecule has 0 unspecified atom stereocenters. The van der Waals surface area contributed by atoms with Gasteiger partial charge in [-0.05, 0) is 23.6 Å². The molecule has 1 heterocycles. The molecular formula is C12H14N2O. The van der Waals surface area contributed by atoms with Gasteiger partial charge in [-0.2, -0.15) is 0 Å². The van der Waals surface area contributed by atoms with E-state index in [-0.39, 0.29) is 0 Å². The van der Waals surface area contributed by atoms with Crippen LogP contribution in [0.25, 0.3) is 10.9 Å². The first-order valence-electron chi connectivity index (χ1n) is 5.00. The van der Waals surface area contributed by atoms with Gasteiger partial charge in [0, 0.05) is 11.6 Å². The summed E-state index contributed by atoms with van der Waals surface area (Å²) in [7, 11) is 1.67. The average Bonchev–Trinajstić information content (AvgIpc) is 2.27. The lowest BCUT2D eigenvalue weighted by atomic mass is 10.0. The van der Waals surface area contributed by atoms with E-state index < -0.39 is 0 Å². The Morgan fingerprint density at radius 1 is 1.27 bits per heavy atom. The van der Waals surface area contributed by atoms with Crippen LogP contribution in [-0.4, -0.2) is 17.1 Å². The standard InChI is InChI=1S/C12H14N2O/c1-8(2)9-4-10-6-13-7-14-12(10)11(5-9)15-3/h4-8H,1-3H3. The molecule has 2 aromatic rings. The van der Waals surface area contributed by atoms with Gasteiger partial charge in [0.2, 0.25) is 0 Å². The monoisotopic (exact) mass is 202 g/mol. The van der Waals surface area contributed by atoms with Crippen molar-refractivity contribution in [2.45, 2.75) is 19.8 Å². The van der Waals surface area contributed by atoms with Gasteiger partial charge < -0.3 is 4.74 Å². The largest absolute Gasteiger partial charge is 0.494 e. The van der Waals surface area contributed by atoms with Crippen LogP contribution in [-0.2, 0) is 0 Å². The van der Waals surface area contributed by atoms with Gasteiger partial charge in [0.25, 0.3) is 0 Å². The summed E-state index contributed by atoms with van der Waals surface area (Å²) in [6.07, 6.45) is 3.36. The summed E-state index contributed by atoms with van der Waals surface area (Å²) in [5, 5.41) is 1.03. The Labute approximate surface area is 89.1 Å². The van der Waals surface area contributed by atoms with E-state index in [0.717, 1.165) is 16.7 Å². The summed E-state index contributed by atoms with van der Waals surface area (Å²) in [5.74, 6) is 1.29. The van der Waals surface area contributed by atoms with Crippen molar-refractivity contribution in [2.24, 2.45) is 0 Å². The topological polar surface area (TPSA) is 35.0 Å². The lowest BCUT2D eigenvalue weighted by molar-refractivity contribution is 0.418. The molecule has 2 rings (SSSR count). The van der Waals surface area contributed by atoms with Crippen molar-refractivity contribution in [1.29, 1.82) is 0 Å². The summed E-state index contributed by atoms with van der Waals surface area (Å²) >= 11 is 0. The van der Waals surface area contributed by atoms with E-state index in [9.17, 15) is 0 Å². The fraction of sp³-hybridized carbons (Fsp3) is 0.333. The molecule has 0 aliphatic carbocycles. The highest BCUT2D eigenvalue weighted by atomic mass is 16.5. The third-order valence-electron chi connectivity index (χ3n) is 2.48. The van der Waals surface area contributed by atoms with Crippen molar-refractivity contribution >= 4 is 10.9 Å². The summed E-state index contributed by atoms with van der Waals surface area (Å²) in [4.78, 5) is 8.24. The molecule has 15 heavy (non-hydrogen) atoms. The second kappa shape index (κ2) is 3.85. The molecule has 3 nitrogen and oxygen atoms in total. The first-order chi connectivity index (χ1) is 7.22. The molecule has 0 fully saturated rings. The minimum Gasteiger partial charge on any atom is -0.494 e. The minimum atomic E-state index is 0.475. The van der Waals surface area contributed by atoms with Crippen molar-refractivity contribution in [3.05, 3.63) is 30.2 Å². The lowest BCUT2D eigenvalue weighted by Gasteiger charge is -2.10. The van der Waals surface area contributed by atoms with E-state index in [1.54, 1.807) is 13.4 Å². The van der Waals surface area contributed by atoms with Crippen LogP contribution in [0.15, 0.2) is 24.7 Å². The van der Waals surface area contributed by atoms with E-state index >= 15 is 0 Å². The third-order valence-corrected chi connectivity index (χ3v) is 2.48. The second-order valence-electron chi connectivity index (χ2n) is 3.84. The molecule has 1 aromatic heterocycles. The quantitative estimate of drug-likeness (QED) is 0.751. The summed E-state index contributed by atoms with van der Waals surface area (Å²) in [6, 6.07) is 4.16. The molecule has 0 aliphatic heterocycles. The summed E-state index contributed by atoms with van der Waals surface area (Å²) in [6.45, 7) is 4.31. The first-order valence-corrected chi connectivity index (χ1v) is 5.00. The highest BCUT2D eigenvalue weighted by Gasteiger charge is 2.07. The highest BCUT2D eigenvalue weighted by molar-refractivity contribution is 5.84. The molecule has 0 spiro atoms. The van der Waals surface area contributed by atoms with Gasteiger partial charge in [-0.15, -0.1) is 0 Å². The van der Waals surface area contributed by atoms with Gasteiger partial charge in [0.05, 0.1) is 7.11 Å². The predicted octanol–water partition coefficient (Wildman–Crippen LogP) is 2.76. The van der Waals surface area contributed by atoms with E-state index in [4.69, 9.17) is 4.74 Å². The SMILES string of the molecule is COc1cc(C(C)C)cc2cncnc12. The van der Waals surface area contributed by atoms with Crippen LogP contribution in [0.3, 0.4) is 0 Å². The Kier molecular flexibility index (Phi) is 2.54. The van der Waals surface area contributed by atoms with Crippen LogP contribution in [0.2, 0.25) is 0 Å². The summed E-state index contributed by atoms with van der Waals surface area (Å²) in [5.41, 5.74) is 2.12. The number of aromatic nitrogens is 2. The van der Waals surface area contributed by atoms with Crippen molar-refractivity contribution < 1.29 is 4.74 Å². The van der Waals surface area contributed by atoms with Crippen LogP contribution in [0, 0.1) is 0 Å². The van der Waals surface area contributed by atoms with Crippen molar-refractivity contribution in [2.75, 3.05) is 7.11 Å². The van der Waals surface area contributed by atoms with Gasteiger partial charge in [-0.1, -0.05) is 13.8 Å². The Bertz CT molecular complexity index is 480. The predicted molar refractivity (Wildman–Crippen MR) is 60.2 cm³/mol. The van der Waals surface area contributed by atoms with E-state index in [2.05, 4.69) is 29.9 Å². The van der Waals surface area contributed by atoms with Crippen molar-refractivity contribution in [3.8, 4) is 5.75 Å². The number of nitrogens with zero attached hydrogens (tertiary/aromatic N) is 2. The van der Waals surface area contributed by atoms with Crippen molar-refractivity contribution in [3.63, 3.8) is 0 Å². The maximum absolute atomic E-state index is 5.33. The summed E-state index contributed by atoms with van der Waals surface area (Å²) < 4.78 is 5.33. The zero-order valence-corrected chi connectivity index (χ0v) is 9.19. The maximum atomic E-state index is 5.33. The van der Waals surface area contributed by atoms with Gasteiger partial charge >= 0.3 is 0 Å². The molecule has 3 heteroatoms. The number of hydrogen-bond donors (Lipinski definition) is 0. The molecule has 78 valence electrons. The van der Waals surface area contributed by atoms with E-state index in [1.165, 1.54) is 5.56 Å². The first kappa shape index (κ1) is 9.90. The number of hydrogen-bond acceptors (Lipinski definition) is 3. The number of rotatable bonds is 2. The number of methoxy groups -OCH3 is 1. The molecular weight excluding hydrogens is 188 g/mol. The zero-order valence-electron chi connectivity index (χ0n) is 9.19. The van der Waals surface area contributed by atoms with Crippen LogP contribution in [0.5, 0.6) is 5.75 Å². The Balaban J connectivity index is 2.71. The smallest absolute Gasteiger partial charge is 0.145 e. The van der Waals surface area contributed by atoms with Gasteiger partial charge in [0.1, 0.15) is 17.6 Å². The zero-order chi connectivity index (χ0) is 10.8. The van der Waals surface area contributed by atoms with Gasteiger partial charge in [0.15, 0.2) is 0 Å². The third kappa shape index (κ3) is 1.77. The van der Waals surface area contributed by atoms with E-state index in [1.807, 2.05) is 12.3 Å². The van der Waals surface area contributed by atoms with Crippen LogP contribution in [0.1, 0.15) is 25.3 Å². The number of ether oxygens (including phenoxy) is 1. The molecule has 0 radical (unpaired) electrons. The Morgan fingerprint density at radius 3 is 2.73 bits per heavy atom. The fourth-order valence-corrected chi connectivity index (χ4v) is 1.58. The van der Waals surface area contributed by atoms with Crippen LogP contribution in [0.4, 0.5) is 0 Å². The molecule has 0 N–H and O–H groups in total. The minimum absolute atomic E-state index is 0.475. The average molecular weight is 202 g/mol. The molecule has 0 saturated carbocycles. The van der Waals surface area contributed by atoms with Gasteiger partial charge in [-0.25, -0.2) is 9.97 Å². The molecule has 0 atom stereocenters. The lowest BCUT2D eigenvalue weighted by Crippen LogP contribution is -1.93. The normalized spacial score (nSPS) is 10.9. The Morgan fingerprint density at radius 2 is 2.07 bits per heavy atom. The number of fused-ring (bicyclic) bond motifs is 1. The second-order valence-corrected chi connectivity index (χ2v) is 3.84. The molecule has 0 bridgehead atoms. The molecule has 0 saturated heterocycles. The maximum Gasteiger partial charge on any atom is 0.145 e. The molecule has 1 aromatic carbocycles. The Hall–Kier alpha value is -1.64. The molecule has 0 aliphatic rings. The fourth-order valence-electron chi connectivity index (χ4n) is 1.58. The van der Waals surface area contributed by atoms with Crippen molar-refractivity contribution in [1.82, 2.24) is 9.97 Å².